The molecule has 3 amide bonds. The van der Waals surface area contributed by atoms with Crippen molar-refractivity contribution in [2.75, 3.05) is 28.6 Å². The van der Waals surface area contributed by atoms with Gasteiger partial charge < -0.3 is 25.4 Å². The minimum atomic E-state index is -0.389. The van der Waals surface area contributed by atoms with Gasteiger partial charge in [-0.25, -0.2) is 4.98 Å². The number of nitrogens with one attached hydrogen (secondary N) is 3. The summed E-state index contributed by atoms with van der Waals surface area (Å²) >= 11 is 1.34. The molecule has 1 aromatic carbocycles. The van der Waals surface area contributed by atoms with Gasteiger partial charge in [0.05, 0.1) is 5.92 Å². The molecule has 0 aliphatic carbocycles. The lowest BCUT2D eigenvalue weighted by Gasteiger charge is -2.54. The fraction of sp³-hybridized carbons (Fsp3) is 0.393. The van der Waals surface area contributed by atoms with Crippen molar-refractivity contribution < 1.29 is 14.4 Å². The zero-order valence-electron chi connectivity index (χ0n) is 21.6. The molecule has 0 saturated carbocycles. The Morgan fingerprint density at radius 1 is 1.13 bits per heavy atom. The quantitative estimate of drug-likeness (QED) is 0.437. The Hall–Kier alpha value is -3.99. The predicted octanol–water partition coefficient (Wildman–Crippen LogP) is 2.57. The van der Waals surface area contributed by atoms with Crippen molar-refractivity contribution in [2.45, 2.75) is 44.7 Å². The fourth-order valence-corrected chi connectivity index (χ4v) is 7.05. The van der Waals surface area contributed by atoms with Crippen LogP contribution < -0.4 is 26.4 Å². The molecule has 1 fully saturated rings. The van der Waals surface area contributed by atoms with E-state index in [0.717, 1.165) is 29.9 Å². The molecule has 1 saturated heterocycles. The van der Waals surface area contributed by atoms with E-state index in [9.17, 15) is 19.2 Å². The lowest BCUT2D eigenvalue weighted by molar-refractivity contribution is -0.126. The van der Waals surface area contributed by atoms with Crippen molar-refractivity contribution >= 4 is 45.6 Å². The number of fused-ring (bicyclic) bond motifs is 8. The van der Waals surface area contributed by atoms with Crippen molar-refractivity contribution in [1.29, 1.82) is 0 Å². The highest BCUT2D eigenvalue weighted by atomic mass is 32.1. The molecule has 3 aliphatic rings. The highest BCUT2D eigenvalue weighted by molar-refractivity contribution is 7.13. The van der Waals surface area contributed by atoms with Crippen LogP contribution in [0.2, 0.25) is 0 Å². The van der Waals surface area contributed by atoms with Gasteiger partial charge in [0.2, 0.25) is 17.7 Å². The maximum atomic E-state index is 13.7. The van der Waals surface area contributed by atoms with E-state index in [1.54, 1.807) is 23.7 Å². The third kappa shape index (κ3) is 4.94. The first kappa shape index (κ1) is 25.3. The predicted molar refractivity (Wildman–Crippen MR) is 149 cm³/mol. The number of carbonyl (C=O) groups is 3. The second-order valence-electron chi connectivity index (χ2n) is 10.5. The average molecular weight is 547 g/mol. The van der Waals surface area contributed by atoms with Crippen LogP contribution in [0, 0.1) is 11.8 Å². The van der Waals surface area contributed by atoms with Crippen LogP contribution in [0.1, 0.15) is 36.9 Å². The summed E-state index contributed by atoms with van der Waals surface area (Å²) in [6.07, 6.45) is 3.18. The van der Waals surface area contributed by atoms with Gasteiger partial charge in [0, 0.05) is 79.7 Å². The molecule has 0 spiro atoms. The fourth-order valence-electron chi connectivity index (χ4n) is 6.50. The summed E-state index contributed by atoms with van der Waals surface area (Å²) in [5.41, 5.74) is 3.75. The average Bonchev–Trinajstić information content (AvgIpc) is 3.41. The number of rotatable bonds is 6. The highest BCUT2D eigenvalue weighted by Gasteiger charge is 2.49. The van der Waals surface area contributed by atoms with Crippen LogP contribution in [0.25, 0.3) is 0 Å². The Balaban J connectivity index is 1.28. The molecule has 202 valence electrons. The van der Waals surface area contributed by atoms with Gasteiger partial charge in [0.25, 0.3) is 5.56 Å². The van der Waals surface area contributed by atoms with E-state index in [2.05, 4.69) is 25.8 Å². The van der Waals surface area contributed by atoms with Crippen molar-refractivity contribution in [3.63, 3.8) is 0 Å². The van der Waals surface area contributed by atoms with E-state index in [1.807, 2.05) is 28.8 Å². The third-order valence-electron chi connectivity index (χ3n) is 7.95. The van der Waals surface area contributed by atoms with E-state index in [0.29, 0.717) is 23.8 Å². The smallest absolute Gasteiger partial charge is 0.250 e. The van der Waals surface area contributed by atoms with Crippen molar-refractivity contribution in [3.8, 4) is 0 Å². The first-order valence-corrected chi connectivity index (χ1v) is 14.1. The van der Waals surface area contributed by atoms with E-state index in [1.165, 1.54) is 18.3 Å². The second kappa shape index (κ2) is 10.3. The minimum Gasteiger partial charge on any atom is -0.366 e. The number of nitrogens with zero attached hydrogens (tertiary/aromatic N) is 3. The zero-order chi connectivity index (χ0) is 27.1. The van der Waals surface area contributed by atoms with Crippen LogP contribution >= 0.6 is 11.3 Å². The van der Waals surface area contributed by atoms with Crippen molar-refractivity contribution in [1.82, 2.24) is 14.9 Å². The zero-order valence-corrected chi connectivity index (χ0v) is 22.4. The molecule has 2 aromatic heterocycles. The summed E-state index contributed by atoms with van der Waals surface area (Å²) in [6, 6.07) is 11.2. The Morgan fingerprint density at radius 2 is 2.00 bits per heavy atom. The van der Waals surface area contributed by atoms with Crippen LogP contribution in [0.4, 0.5) is 16.5 Å². The Kier molecular flexibility index (Phi) is 6.68. The Morgan fingerprint density at radius 3 is 2.79 bits per heavy atom. The number of carbonyl (C=O) groups excluding carboxylic acids is 3. The number of aromatic nitrogens is 2. The molecular weight excluding hydrogens is 516 g/mol. The minimum absolute atomic E-state index is 0.000877. The molecule has 3 N–H and O–H groups in total. The molecule has 6 rings (SSSR count). The van der Waals surface area contributed by atoms with E-state index in [4.69, 9.17) is 0 Å². The molecule has 2 bridgehead atoms. The van der Waals surface area contributed by atoms with Gasteiger partial charge in [-0.15, -0.1) is 11.3 Å². The summed E-state index contributed by atoms with van der Waals surface area (Å²) in [5, 5.41) is 10.9. The largest absolute Gasteiger partial charge is 0.366 e. The molecule has 3 aliphatic heterocycles. The molecule has 0 radical (unpaired) electrons. The van der Waals surface area contributed by atoms with Gasteiger partial charge in [-0.3, -0.25) is 19.2 Å². The number of anilines is 3. The van der Waals surface area contributed by atoms with Gasteiger partial charge in [-0.1, -0.05) is 6.07 Å². The second-order valence-corrected chi connectivity index (χ2v) is 11.4. The van der Waals surface area contributed by atoms with E-state index < -0.39 is 0 Å². The number of amides is 3. The molecule has 5 heterocycles. The monoisotopic (exact) mass is 546 g/mol. The summed E-state index contributed by atoms with van der Waals surface area (Å²) in [6.45, 7) is 3.09. The first-order chi connectivity index (χ1) is 18.9. The number of piperidine rings is 1. The first-order valence-electron chi connectivity index (χ1n) is 13.2. The number of hydrogen-bond donors (Lipinski definition) is 3. The molecule has 11 heteroatoms. The number of benzene rings is 1. The molecule has 1 unspecified atom stereocenters. The van der Waals surface area contributed by atoms with Crippen molar-refractivity contribution in [3.05, 3.63) is 69.6 Å². The van der Waals surface area contributed by atoms with Crippen LogP contribution in [0.3, 0.4) is 0 Å². The van der Waals surface area contributed by atoms with E-state index >= 15 is 0 Å². The standard InChI is InChI=1S/C28H30N6O4S/c1-16(35)31-19-5-6-22-18(12-19)13-21(27(38)29-8-7-24(36)32-28-30-9-10-39-28)26-20-11-17(15-34(22)26)14-33-23(20)3-2-4-25(33)37/h2-6,9-10,12,17,20-21,26H,7-8,11,13-15H2,1H3,(H,29,38)(H,31,35)(H,30,32,36)/t17-,20+,21?,26+/m0/s1. The van der Waals surface area contributed by atoms with Crippen LogP contribution in [-0.2, 0) is 27.3 Å². The Labute approximate surface area is 229 Å². The topological polar surface area (TPSA) is 125 Å². The number of pyridine rings is 1. The van der Waals surface area contributed by atoms with Gasteiger partial charge in [-0.05, 0) is 48.6 Å². The summed E-state index contributed by atoms with van der Waals surface area (Å²) < 4.78 is 1.88. The number of thiazole rings is 1. The lowest BCUT2D eigenvalue weighted by atomic mass is 9.69. The molecule has 4 atom stereocenters. The summed E-state index contributed by atoms with van der Waals surface area (Å²) in [4.78, 5) is 56.9. The third-order valence-corrected chi connectivity index (χ3v) is 8.64. The molecule has 10 nitrogen and oxygen atoms in total. The molecule has 39 heavy (non-hydrogen) atoms. The molecular formula is C28H30N6O4S. The summed E-state index contributed by atoms with van der Waals surface area (Å²) in [5.74, 6) is -0.543. The maximum absolute atomic E-state index is 13.7. The van der Waals surface area contributed by atoms with Gasteiger partial charge in [-0.2, -0.15) is 0 Å². The lowest BCUT2D eigenvalue weighted by Crippen LogP contribution is -2.60. The number of hydrogen-bond acceptors (Lipinski definition) is 7. The van der Waals surface area contributed by atoms with E-state index in [-0.39, 0.29) is 60.0 Å². The van der Waals surface area contributed by atoms with Crippen molar-refractivity contribution in [2.24, 2.45) is 11.8 Å². The van der Waals surface area contributed by atoms with Crippen LogP contribution in [0.15, 0.2) is 52.8 Å². The SMILES string of the molecule is CC(=O)Nc1ccc2c(c1)CC(C(=O)NCCC(=O)Nc1nccs1)[C@H]1[C@@H]3C[C@H](CN21)Cn1c3cccc1=O. The van der Waals surface area contributed by atoms with Gasteiger partial charge >= 0.3 is 0 Å². The summed E-state index contributed by atoms with van der Waals surface area (Å²) in [7, 11) is 0. The van der Waals surface area contributed by atoms with Gasteiger partial charge in [0.15, 0.2) is 5.13 Å². The normalized spacial score (nSPS) is 22.6. The van der Waals surface area contributed by atoms with Gasteiger partial charge in [0.1, 0.15) is 0 Å². The Bertz CT molecular complexity index is 1490. The molecule has 3 aromatic rings. The maximum Gasteiger partial charge on any atom is 0.250 e. The van der Waals surface area contributed by atoms with Crippen LogP contribution in [0.5, 0.6) is 0 Å². The van der Waals surface area contributed by atoms with Crippen LogP contribution in [-0.4, -0.2) is 46.4 Å². The highest BCUT2D eigenvalue weighted by Crippen LogP contribution is 2.48.